The van der Waals surface area contributed by atoms with Gasteiger partial charge in [0.25, 0.3) is 0 Å². The summed E-state index contributed by atoms with van der Waals surface area (Å²) in [5, 5.41) is 0. The molecule has 0 N–H and O–H groups in total. The Balaban J connectivity index is 1.75. The molecule has 1 aromatic heterocycles. The van der Waals surface area contributed by atoms with Gasteiger partial charge in [0, 0.05) is 12.1 Å². The van der Waals surface area contributed by atoms with E-state index in [1.807, 2.05) is 17.7 Å². The van der Waals surface area contributed by atoms with E-state index < -0.39 is 0 Å². The molecule has 1 fully saturated rings. The van der Waals surface area contributed by atoms with Crippen molar-refractivity contribution >= 4 is 5.97 Å². The maximum atomic E-state index is 11.8. The Morgan fingerprint density at radius 2 is 2.04 bits per heavy atom. The van der Waals surface area contributed by atoms with Gasteiger partial charge in [0.1, 0.15) is 0 Å². The van der Waals surface area contributed by atoms with Gasteiger partial charge < -0.3 is 9.30 Å². The Morgan fingerprint density at radius 1 is 1.30 bits per heavy atom. The van der Waals surface area contributed by atoms with Gasteiger partial charge in [0.05, 0.1) is 17.9 Å². The van der Waals surface area contributed by atoms with Crippen molar-refractivity contribution < 1.29 is 9.53 Å². The van der Waals surface area contributed by atoms with Crippen molar-refractivity contribution in [1.82, 2.24) is 9.55 Å². The van der Waals surface area contributed by atoms with Gasteiger partial charge in [0.2, 0.25) is 0 Å². The van der Waals surface area contributed by atoms with Gasteiger partial charge in [-0.05, 0) is 50.3 Å². The fourth-order valence-corrected chi connectivity index (χ4v) is 2.82. The minimum absolute atomic E-state index is 0.0877. The number of benzene rings is 1. The van der Waals surface area contributed by atoms with Gasteiger partial charge in [-0.2, -0.15) is 0 Å². The summed E-state index contributed by atoms with van der Waals surface area (Å²) in [6.07, 6.45) is 5.35. The van der Waals surface area contributed by atoms with Crippen LogP contribution in [0, 0.1) is 19.8 Å². The number of nitrogens with zero attached hydrogens (tertiary/aromatic N) is 2. The van der Waals surface area contributed by atoms with Crippen LogP contribution in [0.3, 0.4) is 0 Å². The number of esters is 1. The Bertz CT molecular complexity index is 716. The van der Waals surface area contributed by atoms with Gasteiger partial charge in [-0.15, -0.1) is 0 Å². The fraction of sp³-hybridized carbons (Fsp3) is 0.474. The van der Waals surface area contributed by atoms with Gasteiger partial charge >= 0.3 is 5.97 Å². The van der Waals surface area contributed by atoms with E-state index in [-0.39, 0.29) is 24.0 Å². The lowest BCUT2D eigenvalue weighted by atomic mass is 9.92. The maximum Gasteiger partial charge on any atom is 0.310 e. The average molecular weight is 312 g/mol. The third kappa shape index (κ3) is 3.31. The lowest BCUT2D eigenvalue weighted by Crippen LogP contribution is -2.14. The summed E-state index contributed by atoms with van der Waals surface area (Å²) < 4.78 is 7.36. The smallest absolute Gasteiger partial charge is 0.310 e. The summed E-state index contributed by atoms with van der Waals surface area (Å²) in [6, 6.07) is 6.37. The second-order valence-corrected chi connectivity index (χ2v) is 6.57. The molecule has 1 aromatic carbocycles. The topological polar surface area (TPSA) is 44.1 Å². The normalized spacial score (nSPS) is 16.9. The van der Waals surface area contributed by atoms with Crippen LogP contribution in [-0.2, 0) is 9.53 Å². The standard InChI is InChI=1S/C19H24N2O2/c1-12-6-5-7-17(13(12)2)14(3)18-10-21(11-20-18)15(4)23-19(22)16-8-9-16/h5-7,10-11,14-16H,8-9H2,1-4H3/t14-,15?/m0/s1. The monoisotopic (exact) mass is 312 g/mol. The third-order valence-corrected chi connectivity index (χ3v) is 4.80. The van der Waals surface area contributed by atoms with Crippen LogP contribution in [-0.4, -0.2) is 15.5 Å². The summed E-state index contributed by atoms with van der Waals surface area (Å²) in [6.45, 7) is 8.32. The number of rotatable bonds is 5. The van der Waals surface area contributed by atoms with Crippen LogP contribution in [0.4, 0.5) is 0 Å². The van der Waals surface area contributed by atoms with Crippen LogP contribution in [0.5, 0.6) is 0 Å². The van der Waals surface area contributed by atoms with Crippen molar-refractivity contribution in [2.75, 3.05) is 0 Å². The molecule has 4 nitrogen and oxygen atoms in total. The highest BCUT2D eigenvalue weighted by atomic mass is 16.6. The summed E-state index contributed by atoms with van der Waals surface area (Å²) in [5.41, 5.74) is 4.88. The number of imidazole rings is 1. The summed E-state index contributed by atoms with van der Waals surface area (Å²) in [4.78, 5) is 16.3. The second kappa shape index (κ2) is 6.19. The number of carbonyl (C=O) groups excluding carboxylic acids is 1. The van der Waals surface area contributed by atoms with Crippen LogP contribution in [0.25, 0.3) is 0 Å². The highest BCUT2D eigenvalue weighted by molar-refractivity contribution is 5.74. The zero-order valence-electron chi connectivity index (χ0n) is 14.2. The van der Waals surface area contributed by atoms with Gasteiger partial charge in [-0.3, -0.25) is 4.79 Å². The molecule has 2 atom stereocenters. The quantitative estimate of drug-likeness (QED) is 0.780. The molecular weight excluding hydrogens is 288 g/mol. The van der Waals surface area contributed by atoms with Gasteiger partial charge in [-0.1, -0.05) is 25.1 Å². The molecule has 23 heavy (non-hydrogen) atoms. The molecule has 1 saturated carbocycles. The molecule has 1 heterocycles. The second-order valence-electron chi connectivity index (χ2n) is 6.57. The maximum absolute atomic E-state index is 11.8. The van der Waals surface area contributed by atoms with Crippen LogP contribution in [0.1, 0.15) is 61.2 Å². The zero-order valence-corrected chi connectivity index (χ0v) is 14.2. The molecule has 1 aliphatic rings. The molecule has 2 aromatic rings. The molecule has 1 aliphatic carbocycles. The van der Waals surface area contributed by atoms with Crippen LogP contribution in [0.15, 0.2) is 30.7 Å². The first-order chi connectivity index (χ1) is 11.0. The highest BCUT2D eigenvalue weighted by Gasteiger charge is 2.32. The largest absolute Gasteiger partial charge is 0.441 e. The van der Waals surface area contributed by atoms with Crippen molar-refractivity contribution in [3.8, 4) is 0 Å². The van der Waals surface area contributed by atoms with Crippen molar-refractivity contribution in [2.45, 2.75) is 52.7 Å². The summed E-state index contributed by atoms with van der Waals surface area (Å²) in [5.74, 6) is 0.243. The van der Waals surface area contributed by atoms with E-state index in [2.05, 4.69) is 44.0 Å². The number of carbonyl (C=O) groups is 1. The molecule has 0 amide bonds. The molecular formula is C19H24N2O2. The Morgan fingerprint density at radius 3 is 2.74 bits per heavy atom. The Kier molecular flexibility index (Phi) is 4.24. The van der Waals surface area contributed by atoms with Crippen molar-refractivity contribution in [3.05, 3.63) is 53.1 Å². The number of ether oxygens (including phenoxy) is 1. The summed E-state index contributed by atoms with van der Waals surface area (Å²) in [7, 11) is 0. The van der Waals surface area contributed by atoms with E-state index in [0.717, 1.165) is 18.5 Å². The third-order valence-electron chi connectivity index (χ3n) is 4.80. The SMILES string of the molecule is Cc1cccc([C@H](C)c2cn(C(C)OC(=O)C3CC3)cn2)c1C. The molecule has 0 saturated heterocycles. The molecule has 4 heteroatoms. The van der Waals surface area contributed by atoms with E-state index in [1.54, 1.807) is 6.33 Å². The first-order valence-electron chi connectivity index (χ1n) is 8.27. The Hall–Kier alpha value is -2.10. The lowest BCUT2D eigenvalue weighted by molar-refractivity contribution is -0.154. The fourth-order valence-electron chi connectivity index (χ4n) is 2.82. The molecule has 122 valence electrons. The molecule has 1 unspecified atom stereocenters. The first-order valence-corrected chi connectivity index (χ1v) is 8.27. The molecule has 0 aliphatic heterocycles. The van der Waals surface area contributed by atoms with E-state index in [4.69, 9.17) is 4.74 Å². The van der Waals surface area contributed by atoms with E-state index in [9.17, 15) is 4.79 Å². The first kappa shape index (κ1) is 15.8. The predicted octanol–water partition coefficient (Wildman–Crippen LogP) is 4.12. The van der Waals surface area contributed by atoms with Crippen LogP contribution >= 0.6 is 0 Å². The highest BCUT2D eigenvalue weighted by Crippen LogP contribution is 2.32. The van der Waals surface area contributed by atoms with E-state index in [0.29, 0.717) is 0 Å². The zero-order chi connectivity index (χ0) is 16.6. The minimum Gasteiger partial charge on any atom is -0.441 e. The van der Waals surface area contributed by atoms with Crippen molar-refractivity contribution in [1.29, 1.82) is 0 Å². The summed E-state index contributed by atoms with van der Waals surface area (Å²) >= 11 is 0. The lowest BCUT2D eigenvalue weighted by Gasteiger charge is -2.15. The Labute approximate surface area is 137 Å². The number of hydrogen-bond acceptors (Lipinski definition) is 3. The van der Waals surface area contributed by atoms with Crippen molar-refractivity contribution in [3.63, 3.8) is 0 Å². The van der Waals surface area contributed by atoms with Gasteiger partial charge in [-0.25, -0.2) is 4.98 Å². The predicted molar refractivity (Wildman–Crippen MR) is 89.2 cm³/mol. The molecule has 0 radical (unpaired) electrons. The van der Waals surface area contributed by atoms with E-state index >= 15 is 0 Å². The number of hydrogen-bond donors (Lipinski definition) is 0. The molecule has 0 spiro atoms. The molecule has 3 rings (SSSR count). The van der Waals surface area contributed by atoms with Crippen molar-refractivity contribution in [2.24, 2.45) is 5.92 Å². The molecule has 0 bridgehead atoms. The minimum atomic E-state index is -0.310. The number of aryl methyl sites for hydroxylation is 1. The van der Waals surface area contributed by atoms with E-state index in [1.165, 1.54) is 16.7 Å². The van der Waals surface area contributed by atoms with Crippen LogP contribution in [0.2, 0.25) is 0 Å². The number of aromatic nitrogens is 2. The average Bonchev–Trinajstić information content (AvgIpc) is 3.26. The van der Waals surface area contributed by atoms with Crippen LogP contribution < -0.4 is 0 Å². The van der Waals surface area contributed by atoms with Gasteiger partial charge in [0.15, 0.2) is 6.23 Å².